The van der Waals surface area contributed by atoms with Crippen LogP contribution >= 0.6 is 0 Å². The fourth-order valence-electron chi connectivity index (χ4n) is 4.07. The summed E-state index contributed by atoms with van der Waals surface area (Å²) in [7, 11) is 1.65. The standard InChI is InChI=1S/C22H23N5O2/c1-14(26-11-10-17(28)13-26)16-7-9-20-24-25-22(27(20)12-16)18-8-6-15-4-3-5-19(29-2)21(15)23-18/h3-9,12,14,17,28H,10-11,13H2,1-2H3/t14?,17-/m0/s1. The van der Waals surface area contributed by atoms with Crippen molar-refractivity contribution in [1.29, 1.82) is 0 Å². The molecule has 1 aliphatic rings. The predicted molar refractivity (Wildman–Crippen MR) is 111 cm³/mol. The van der Waals surface area contributed by atoms with Crippen molar-refractivity contribution in [1.82, 2.24) is 24.5 Å². The maximum absolute atomic E-state index is 9.87. The number of nitrogens with zero attached hydrogens (tertiary/aromatic N) is 5. The van der Waals surface area contributed by atoms with Crippen LogP contribution in [0.3, 0.4) is 0 Å². The molecule has 0 saturated carbocycles. The molecule has 29 heavy (non-hydrogen) atoms. The number of aromatic nitrogens is 4. The summed E-state index contributed by atoms with van der Waals surface area (Å²) >= 11 is 0. The zero-order valence-electron chi connectivity index (χ0n) is 16.5. The number of hydrogen-bond acceptors (Lipinski definition) is 6. The van der Waals surface area contributed by atoms with Gasteiger partial charge in [-0.15, -0.1) is 10.2 Å². The second-order valence-electron chi connectivity index (χ2n) is 7.56. The third-order valence-electron chi connectivity index (χ3n) is 5.78. The van der Waals surface area contributed by atoms with Crippen LogP contribution in [-0.4, -0.2) is 55.9 Å². The van der Waals surface area contributed by atoms with Crippen molar-refractivity contribution in [2.24, 2.45) is 0 Å². The van der Waals surface area contributed by atoms with E-state index in [0.29, 0.717) is 12.4 Å². The van der Waals surface area contributed by atoms with E-state index in [1.54, 1.807) is 7.11 Å². The number of hydrogen-bond donors (Lipinski definition) is 1. The topological polar surface area (TPSA) is 75.8 Å². The van der Waals surface area contributed by atoms with Gasteiger partial charge in [-0.3, -0.25) is 9.30 Å². The molecule has 5 rings (SSSR count). The second-order valence-corrected chi connectivity index (χ2v) is 7.56. The quantitative estimate of drug-likeness (QED) is 0.578. The van der Waals surface area contributed by atoms with E-state index in [-0.39, 0.29) is 12.1 Å². The highest BCUT2D eigenvalue weighted by atomic mass is 16.5. The molecular formula is C22H23N5O2. The summed E-state index contributed by atoms with van der Waals surface area (Å²) < 4.78 is 7.46. The van der Waals surface area contributed by atoms with Gasteiger partial charge in [0.2, 0.25) is 0 Å². The van der Waals surface area contributed by atoms with Gasteiger partial charge in [-0.2, -0.15) is 0 Å². The largest absolute Gasteiger partial charge is 0.494 e. The second kappa shape index (κ2) is 7.09. The minimum absolute atomic E-state index is 0.205. The van der Waals surface area contributed by atoms with Crippen LogP contribution in [0.25, 0.3) is 28.1 Å². The molecule has 1 fully saturated rings. The van der Waals surface area contributed by atoms with Crippen LogP contribution < -0.4 is 4.74 Å². The SMILES string of the molecule is COc1cccc2ccc(-c3nnc4ccc(C(C)N5CC[C@H](O)C5)cn34)nc12. The molecule has 2 atom stereocenters. The Hall–Kier alpha value is -3.03. The van der Waals surface area contributed by atoms with Gasteiger partial charge in [0, 0.05) is 30.7 Å². The molecule has 1 N–H and O–H groups in total. The van der Waals surface area contributed by atoms with Gasteiger partial charge in [0.15, 0.2) is 11.5 Å². The molecule has 1 saturated heterocycles. The summed E-state index contributed by atoms with van der Waals surface area (Å²) in [5, 5.41) is 19.6. The lowest BCUT2D eigenvalue weighted by atomic mass is 10.1. The zero-order chi connectivity index (χ0) is 20.0. The number of para-hydroxylation sites is 1. The number of ether oxygens (including phenoxy) is 1. The molecule has 0 aliphatic carbocycles. The highest BCUT2D eigenvalue weighted by molar-refractivity contribution is 5.86. The Bertz CT molecular complexity index is 1190. The van der Waals surface area contributed by atoms with Crippen molar-refractivity contribution in [3.8, 4) is 17.3 Å². The summed E-state index contributed by atoms with van der Waals surface area (Å²) in [6.07, 6.45) is 2.67. The molecule has 0 spiro atoms. The van der Waals surface area contributed by atoms with Gasteiger partial charge in [-0.1, -0.05) is 24.3 Å². The molecule has 7 heteroatoms. The minimum Gasteiger partial charge on any atom is -0.494 e. The molecule has 4 heterocycles. The lowest BCUT2D eigenvalue weighted by molar-refractivity contribution is 0.163. The fourth-order valence-corrected chi connectivity index (χ4v) is 4.07. The third-order valence-corrected chi connectivity index (χ3v) is 5.78. The zero-order valence-corrected chi connectivity index (χ0v) is 16.5. The molecule has 4 aromatic rings. The van der Waals surface area contributed by atoms with E-state index in [4.69, 9.17) is 9.72 Å². The van der Waals surface area contributed by atoms with Gasteiger partial charge >= 0.3 is 0 Å². The van der Waals surface area contributed by atoms with E-state index in [1.165, 1.54) is 0 Å². The molecule has 1 unspecified atom stereocenters. The summed E-state index contributed by atoms with van der Waals surface area (Å²) in [6.45, 7) is 3.78. The maximum Gasteiger partial charge on any atom is 0.187 e. The molecule has 0 radical (unpaired) electrons. The van der Waals surface area contributed by atoms with Crippen LogP contribution in [0.15, 0.2) is 48.7 Å². The minimum atomic E-state index is -0.233. The lowest BCUT2D eigenvalue weighted by Crippen LogP contribution is -2.25. The van der Waals surface area contributed by atoms with E-state index in [0.717, 1.165) is 46.5 Å². The monoisotopic (exact) mass is 389 g/mol. The highest BCUT2D eigenvalue weighted by Gasteiger charge is 2.25. The van der Waals surface area contributed by atoms with Crippen LogP contribution in [0, 0.1) is 0 Å². The molecule has 7 nitrogen and oxygen atoms in total. The van der Waals surface area contributed by atoms with Crippen molar-refractivity contribution >= 4 is 16.6 Å². The van der Waals surface area contributed by atoms with Crippen LogP contribution in [0.4, 0.5) is 0 Å². The van der Waals surface area contributed by atoms with E-state index in [1.807, 2.05) is 40.8 Å². The average molecular weight is 389 g/mol. The summed E-state index contributed by atoms with van der Waals surface area (Å²) in [6, 6.07) is 14.1. The number of benzene rings is 1. The Kier molecular flexibility index (Phi) is 4.41. The molecule has 3 aromatic heterocycles. The molecule has 148 valence electrons. The van der Waals surface area contributed by atoms with Crippen molar-refractivity contribution in [3.05, 3.63) is 54.2 Å². The molecule has 1 aliphatic heterocycles. The van der Waals surface area contributed by atoms with Crippen LogP contribution in [-0.2, 0) is 0 Å². The van der Waals surface area contributed by atoms with Crippen LogP contribution in [0.1, 0.15) is 24.9 Å². The Morgan fingerprint density at radius 3 is 2.83 bits per heavy atom. The molecule has 0 amide bonds. The van der Waals surface area contributed by atoms with Gasteiger partial charge in [-0.25, -0.2) is 4.98 Å². The van der Waals surface area contributed by atoms with Crippen molar-refractivity contribution in [2.45, 2.75) is 25.5 Å². The third kappa shape index (κ3) is 3.12. The van der Waals surface area contributed by atoms with Crippen molar-refractivity contribution in [3.63, 3.8) is 0 Å². The highest BCUT2D eigenvalue weighted by Crippen LogP contribution is 2.29. The predicted octanol–water partition coefficient (Wildman–Crippen LogP) is 3.08. The molecule has 0 bridgehead atoms. The van der Waals surface area contributed by atoms with Crippen LogP contribution in [0.2, 0.25) is 0 Å². The Balaban J connectivity index is 1.58. The summed E-state index contributed by atoms with van der Waals surface area (Å²) in [4.78, 5) is 7.11. The normalized spacial score (nSPS) is 18.5. The smallest absolute Gasteiger partial charge is 0.187 e. The summed E-state index contributed by atoms with van der Waals surface area (Å²) in [5.41, 5.74) is 3.49. The van der Waals surface area contributed by atoms with E-state index < -0.39 is 0 Å². The van der Waals surface area contributed by atoms with Gasteiger partial charge in [0.25, 0.3) is 0 Å². The number of rotatable bonds is 4. The van der Waals surface area contributed by atoms with Crippen molar-refractivity contribution in [2.75, 3.05) is 20.2 Å². The maximum atomic E-state index is 9.87. The number of pyridine rings is 2. The van der Waals surface area contributed by atoms with E-state index in [9.17, 15) is 5.11 Å². The Morgan fingerprint density at radius 1 is 1.14 bits per heavy atom. The number of aliphatic hydroxyl groups is 1. The van der Waals surface area contributed by atoms with E-state index in [2.05, 4.69) is 34.3 Å². The van der Waals surface area contributed by atoms with Crippen LogP contribution in [0.5, 0.6) is 5.75 Å². The molecular weight excluding hydrogens is 366 g/mol. The van der Waals surface area contributed by atoms with E-state index >= 15 is 0 Å². The number of methoxy groups -OCH3 is 1. The lowest BCUT2D eigenvalue weighted by Gasteiger charge is -2.24. The number of β-amino-alcohol motifs (C(OH)–C–C–N with tert-alkyl or cyclic N) is 1. The first-order valence-electron chi connectivity index (χ1n) is 9.85. The first-order valence-corrected chi connectivity index (χ1v) is 9.85. The Labute approximate surface area is 168 Å². The fraction of sp³-hybridized carbons (Fsp3) is 0.318. The van der Waals surface area contributed by atoms with Gasteiger partial charge in [-0.05, 0) is 37.1 Å². The number of aliphatic hydroxyl groups excluding tert-OH is 1. The summed E-state index contributed by atoms with van der Waals surface area (Å²) in [5.74, 6) is 1.43. The van der Waals surface area contributed by atoms with Gasteiger partial charge in [0.1, 0.15) is 17.0 Å². The number of fused-ring (bicyclic) bond motifs is 2. The molecule has 1 aromatic carbocycles. The first kappa shape index (κ1) is 18.0. The Morgan fingerprint density at radius 2 is 2.03 bits per heavy atom. The number of likely N-dealkylation sites (tertiary alicyclic amines) is 1. The van der Waals surface area contributed by atoms with Crippen molar-refractivity contribution < 1.29 is 9.84 Å². The van der Waals surface area contributed by atoms with Gasteiger partial charge in [0.05, 0.1) is 13.2 Å². The van der Waals surface area contributed by atoms with Gasteiger partial charge < -0.3 is 9.84 Å². The average Bonchev–Trinajstić information content (AvgIpc) is 3.38. The first-order chi connectivity index (χ1) is 14.1.